The lowest BCUT2D eigenvalue weighted by molar-refractivity contribution is -0.130. The van der Waals surface area contributed by atoms with Gasteiger partial charge in [0.05, 0.1) is 11.7 Å². The van der Waals surface area contributed by atoms with Crippen molar-refractivity contribution in [2.75, 3.05) is 13.1 Å². The predicted molar refractivity (Wildman–Crippen MR) is 73.6 cm³/mol. The van der Waals surface area contributed by atoms with Gasteiger partial charge < -0.3 is 4.90 Å². The van der Waals surface area contributed by atoms with Crippen LogP contribution >= 0.6 is 0 Å². The second-order valence-corrected chi connectivity index (χ2v) is 4.64. The summed E-state index contributed by atoms with van der Waals surface area (Å²) in [4.78, 5) is 13.3. The lowest BCUT2D eigenvalue weighted by atomic mass is 10.1. The molecule has 1 aliphatic heterocycles. The van der Waals surface area contributed by atoms with Gasteiger partial charge in [0, 0.05) is 26.2 Å². The van der Waals surface area contributed by atoms with Crippen molar-refractivity contribution in [2.24, 2.45) is 0 Å². The fourth-order valence-electron chi connectivity index (χ4n) is 2.22. The van der Waals surface area contributed by atoms with Crippen LogP contribution in [0.3, 0.4) is 0 Å². The summed E-state index contributed by atoms with van der Waals surface area (Å²) in [5, 5.41) is 4.51. The topological polar surface area (TPSA) is 38.1 Å². The van der Waals surface area contributed by atoms with E-state index in [9.17, 15) is 4.79 Å². The summed E-state index contributed by atoms with van der Waals surface area (Å²) in [5.74, 6) is 0.172. The van der Waals surface area contributed by atoms with Gasteiger partial charge in [-0.1, -0.05) is 13.8 Å². The summed E-state index contributed by atoms with van der Waals surface area (Å²) < 4.78 is 2.03. The monoisotopic (exact) mass is 251 g/mol. The molecule has 0 bridgehead atoms. The molecular formula is C14H25N3O. The fraction of sp³-hybridized carbons (Fsp3) is 0.714. The largest absolute Gasteiger partial charge is 0.341 e. The molecule has 0 aliphatic carbocycles. The van der Waals surface area contributed by atoms with Crippen LogP contribution in [-0.4, -0.2) is 33.7 Å². The molecule has 1 unspecified atom stereocenters. The Hall–Kier alpha value is -1.32. The molecule has 2 rings (SSSR count). The van der Waals surface area contributed by atoms with E-state index in [0.29, 0.717) is 6.04 Å². The average molecular weight is 251 g/mol. The lowest BCUT2D eigenvalue weighted by Gasteiger charge is -2.32. The van der Waals surface area contributed by atoms with Gasteiger partial charge in [0.1, 0.15) is 0 Å². The van der Waals surface area contributed by atoms with Crippen LogP contribution in [0.2, 0.25) is 0 Å². The number of piperidine rings is 1. The lowest BCUT2D eigenvalue weighted by Crippen LogP contribution is -2.39. The number of carbonyl (C=O) groups excluding carboxylic acids is 1. The summed E-state index contributed by atoms with van der Waals surface area (Å²) in [6.45, 7) is 11.4. The predicted octanol–water partition coefficient (Wildman–Crippen LogP) is 2.71. The van der Waals surface area contributed by atoms with E-state index in [1.165, 1.54) is 5.56 Å². The maximum Gasteiger partial charge on any atom is 0.219 e. The Morgan fingerprint density at radius 3 is 2.56 bits per heavy atom. The smallest absolute Gasteiger partial charge is 0.219 e. The molecule has 102 valence electrons. The van der Waals surface area contributed by atoms with E-state index in [1.807, 2.05) is 30.4 Å². The minimum Gasteiger partial charge on any atom is -0.341 e. The minimum atomic E-state index is 0.172. The van der Waals surface area contributed by atoms with Crippen molar-refractivity contribution in [1.29, 1.82) is 0 Å². The third kappa shape index (κ3) is 3.34. The first-order valence-electron chi connectivity index (χ1n) is 6.86. The molecule has 2 heterocycles. The van der Waals surface area contributed by atoms with E-state index in [-0.39, 0.29) is 5.91 Å². The number of aromatic nitrogens is 2. The maximum atomic E-state index is 11.3. The summed E-state index contributed by atoms with van der Waals surface area (Å²) in [7, 11) is 0. The van der Waals surface area contributed by atoms with Gasteiger partial charge in [-0.3, -0.25) is 9.48 Å². The Bertz CT molecular complexity index is 378. The van der Waals surface area contributed by atoms with Gasteiger partial charge in [-0.15, -0.1) is 0 Å². The number of hydrogen-bond donors (Lipinski definition) is 0. The second kappa shape index (κ2) is 6.57. The molecule has 1 amide bonds. The Kier molecular flexibility index (Phi) is 5.38. The van der Waals surface area contributed by atoms with Gasteiger partial charge in [-0.05, 0) is 32.3 Å². The van der Waals surface area contributed by atoms with Crippen molar-refractivity contribution < 1.29 is 4.79 Å². The normalized spacial score (nSPS) is 19.2. The first-order valence-corrected chi connectivity index (χ1v) is 6.86. The van der Waals surface area contributed by atoms with Crippen LogP contribution in [0.1, 0.15) is 50.9 Å². The number of hydrogen-bond acceptors (Lipinski definition) is 2. The van der Waals surface area contributed by atoms with Crippen LogP contribution in [0.5, 0.6) is 0 Å². The highest BCUT2D eigenvalue weighted by Gasteiger charge is 2.23. The molecule has 1 atom stereocenters. The molecule has 1 saturated heterocycles. The van der Waals surface area contributed by atoms with Crippen molar-refractivity contribution in [3.8, 4) is 0 Å². The van der Waals surface area contributed by atoms with Gasteiger partial charge >= 0.3 is 0 Å². The Balaban J connectivity index is 0.000000771. The van der Waals surface area contributed by atoms with E-state index >= 15 is 0 Å². The number of aryl methyl sites for hydroxylation is 2. The number of amides is 1. The first kappa shape index (κ1) is 14.7. The fourth-order valence-corrected chi connectivity index (χ4v) is 2.22. The molecule has 18 heavy (non-hydrogen) atoms. The molecule has 1 aromatic heterocycles. The molecule has 1 aromatic rings. The minimum absolute atomic E-state index is 0.172. The molecule has 4 nitrogen and oxygen atoms in total. The zero-order valence-corrected chi connectivity index (χ0v) is 12.2. The van der Waals surface area contributed by atoms with Crippen molar-refractivity contribution in [3.05, 3.63) is 17.5 Å². The van der Waals surface area contributed by atoms with Crippen LogP contribution in [0.4, 0.5) is 0 Å². The van der Waals surface area contributed by atoms with E-state index in [1.54, 1.807) is 6.92 Å². The summed E-state index contributed by atoms with van der Waals surface area (Å²) in [6.07, 6.45) is 4.27. The van der Waals surface area contributed by atoms with E-state index in [0.717, 1.165) is 31.6 Å². The summed E-state index contributed by atoms with van der Waals surface area (Å²) in [5.41, 5.74) is 2.31. The molecular weight excluding hydrogens is 226 g/mol. The zero-order chi connectivity index (χ0) is 13.7. The number of likely N-dealkylation sites (tertiary alicyclic amines) is 1. The third-order valence-corrected chi connectivity index (χ3v) is 3.38. The van der Waals surface area contributed by atoms with Crippen molar-refractivity contribution >= 4 is 5.91 Å². The van der Waals surface area contributed by atoms with E-state index < -0.39 is 0 Å². The molecule has 0 radical (unpaired) electrons. The molecule has 0 N–H and O–H groups in total. The maximum absolute atomic E-state index is 11.3. The quantitative estimate of drug-likeness (QED) is 0.769. The van der Waals surface area contributed by atoms with Gasteiger partial charge in [-0.2, -0.15) is 5.10 Å². The number of carbonyl (C=O) groups is 1. The van der Waals surface area contributed by atoms with Crippen LogP contribution in [0, 0.1) is 13.8 Å². The molecule has 0 saturated carbocycles. The standard InChI is InChI=1S/C12H19N3O.C2H6/c1-9-7-15(13-10(9)2)12-5-4-6-14(8-12)11(3)16;1-2/h7,12H,4-6,8H2,1-3H3;1-2H3. The number of nitrogens with zero attached hydrogens (tertiary/aromatic N) is 3. The van der Waals surface area contributed by atoms with Crippen LogP contribution < -0.4 is 0 Å². The first-order chi connectivity index (χ1) is 8.58. The molecule has 0 aromatic carbocycles. The van der Waals surface area contributed by atoms with Crippen LogP contribution in [-0.2, 0) is 4.79 Å². The highest BCUT2D eigenvalue weighted by Crippen LogP contribution is 2.21. The van der Waals surface area contributed by atoms with Crippen LogP contribution in [0.15, 0.2) is 6.20 Å². The van der Waals surface area contributed by atoms with E-state index in [4.69, 9.17) is 0 Å². The molecule has 4 heteroatoms. The van der Waals surface area contributed by atoms with Gasteiger partial charge in [0.15, 0.2) is 0 Å². The SMILES string of the molecule is CC.CC(=O)N1CCCC(n2cc(C)c(C)n2)C1. The number of rotatable bonds is 1. The average Bonchev–Trinajstić information content (AvgIpc) is 2.72. The van der Waals surface area contributed by atoms with Gasteiger partial charge in [0.25, 0.3) is 0 Å². The highest BCUT2D eigenvalue weighted by molar-refractivity contribution is 5.73. The van der Waals surface area contributed by atoms with Gasteiger partial charge in [0.2, 0.25) is 5.91 Å². The zero-order valence-electron chi connectivity index (χ0n) is 12.2. The van der Waals surface area contributed by atoms with Crippen LogP contribution in [0.25, 0.3) is 0 Å². The van der Waals surface area contributed by atoms with Crippen molar-refractivity contribution in [1.82, 2.24) is 14.7 Å². The highest BCUT2D eigenvalue weighted by atomic mass is 16.2. The second-order valence-electron chi connectivity index (χ2n) is 4.64. The third-order valence-electron chi connectivity index (χ3n) is 3.38. The molecule has 1 fully saturated rings. The Labute approximate surface area is 110 Å². The summed E-state index contributed by atoms with van der Waals surface area (Å²) >= 11 is 0. The molecule has 1 aliphatic rings. The van der Waals surface area contributed by atoms with E-state index in [2.05, 4.69) is 18.2 Å². The van der Waals surface area contributed by atoms with Crippen molar-refractivity contribution in [3.63, 3.8) is 0 Å². The van der Waals surface area contributed by atoms with Crippen molar-refractivity contribution in [2.45, 2.75) is 53.5 Å². The Morgan fingerprint density at radius 1 is 1.39 bits per heavy atom. The molecule has 0 spiro atoms. The Morgan fingerprint density at radius 2 is 2.06 bits per heavy atom. The summed E-state index contributed by atoms with van der Waals surface area (Å²) in [6, 6.07) is 0.352. The van der Waals surface area contributed by atoms with Gasteiger partial charge in [-0.25, -0.2) is 0 Å².